The summed E-state index contributed by atoms with van der Waals surface area (Å²) < 4.78 is 2.69. The minimum Gasteiger partial charge on any atom is -0.295 e. The summed E-state index contributed by atoms with van der Waals surface area (Å²) in [6.45, 7) is 0. The first-order valence-electron chi connectivity index (χ1n) is 4.80. The Labute approximate surface area is 94.5 Å². The third-order valence-electron chi connectivity index (χ3n) is 2.22. The van der Waals surface area contributed by atoms with Gasteiger partial charge in [0.2, 0.25) is 0 Å². The molecule has 0 aromatic carbocycles. The number of aromatic nitrogens is 7. The minimum atomic E-state index is -0.255. The van der Waals surface area contributed by atoms with Gasteiger partial charge in [0, 0.05) is 12.3 Å². The average Bonchev–Trinajstić information content (AvgIpc) is 2.99. The third kappa shape index (κ3) is 1.51. The van der Waals surface area contributed by atoms with E-state index in [-0.39, 0.29) is 5.56 Å². The predicted molar refractivity (Wildman–Crippen MR) is 56.9 cm³/mol. The summed E-state index contributed by atoms with van der Waals surface area (Å²) in [5, 5.41) is 10.2. The normalized spacial score (nSPS) is 10.6. The molecule has 0 aliphatic carbocycles. The van der Waals surface area contributed by atoms with E-state index < -0.39 is 0 Å². The van der Waals surface area contributed by atoms with E-state index in [1.165, 1.54) is 21.9 Å². The van der Waals surface area contributed by atoms with Gasteiger partial charge in [0.05, 0.1) is 18.6 Å². The molecule has 0 amide bonds. The van der Waals surface area contributed by atoms with Gasteiger partial charge in [-0.05, 0) is 0 Å². The van der Waals surface area contributed by atoms with Gasteiger partial charge in [-0.2, -0.15) is 4.68 Å². The lowest BCUT2D eigenvalue weighted by Gasteiger charge is -1.97. The van der Waals surface area contributed by atoms with Gasteiger partial charge in [-0.1, -0.05) is 5.21 Å². The van der Waals surface area contributed by atoms with Gasteiger partial charge in [0.1, 0.15) is 6.33 Å². The average molecular weight is 229 g/mol. The Morgan fingerprint density at radius 3 is 2.94 bits per heavy atom. The van der Waals surface area contributed by atoms with Gasteiger partial charge in [0.25, 0.3) is 5.56 Å². The number of aromatic amines is 1. The van der Waals surface area contributed by atoms with Gasteiger partial charge < -0.3 is 0 Å². The summed E-state index contributed by atoms with van der Waals surface area (Å²) in [6.07, 6.45) is 7.57. The maximum absolute atomic E-state index is 12.1. The van der Waals surface area contributed by atoms with Gasteiger partial charge in [-0.3, -0.25) is 9.89 Å². The van der Waals surface area contributed by atoms with Crippen molar-refractivity contribution in [1.29, 1.82) is 0 Å². The predicted octanol–water partition coefficient (Wildman–Crippen LogP) is -0.464. The van der Waals surface area contributed by atoms with Gasteiger partial charge >= 0.3 is 0 Å². The third-order valence-corrected chi connectivity index (χ3v) is 2.22. The smallest absolute Gasteiger partial charge is 0.295 e. The number of rotatable bonds is 2. The van der Waals surface area contributed by atoms with Crippen molar-refractivity contribution in [3.63, 3.8) is 0 Å². The van der Waals surface area contributed by atoms with E-state index in [2.05, 4.69) is 25.4 Å². The first-order chi connectivity index (χ1) is 8.36. The van der Waals surface area contributed by atoms with E-state index in [0.717, 1.165) is 0 Å². The molecule has 3 heterocycles. The molecule has 0 spiro atoms. The molecule has 1 N–H and O–H groups in total. The molecular weight excluding hydrogens is 222 g/mol. The molecule has 0 radical (unpaired) electrons. The number of nitrogens with zero attached hydrogens (tertiary/aromatic N) is 6. The highest BCUT2D eigenvalue weighted by Gasteiger charge is 2.10. The van der Waals surface area contributed by atoms with Crippen LogP contribution in [0.2, 0.25) is 0 Å². The van der Waals surface area contributed by atoms with Crippen molar-refractivity contribution in [1.82, 2.24) is 34.7 Å². The molecule has 0 bridgehead atoms. The van der Waals surface area contributed by atoms with E-state index >= 15 is 0 Å². The largest absolute Gasteiger partial charge is 0.298 e. The lowest BCUT2D eigenvalue weighted by atomic mass is 10.5. The van der Waals surface area contributed by atoms with Gasteiger partial charge in [0.15, 0.2) is 11.5 Å². The van der Waals surface area contributed by atoms with Gasteiger partial charge in [-0.25, -0.2) is 14.6 Å². The monoisotopic (exact) mass is 229 g/mol. The second-order valence-corrected chi connectivity index (χ2v) is 3.21. The van der Waals surface area contributed by atoms with Crippen LogP contribution < -0.4 is 5.56 Å². The maximum atomic E-state index is 12.1. The Balaban J connectivity index is 2.14. The molecule has 0 unspecified atom stereocenters. The molecular formula is C9H7N7O. The second kappa shape index (κ2) is 3.67. The van der Waals surface area contributed by atoms with Gasteiger partial charge in [-0.15, -0.1) is 5.10 Å². The molecule has 8 heteroatoms. The van der Waals surface area contributed by atoms with Crippen LogP contribution in [0, 0.1) is 0 Å². The molecule has 0 saturated heterocycles. The molecule has 8 nitrogen and oxygen atoms in total. The Morgan fingerprint density at radius 2 is 2.24 bits per heavy atom. The van der Waals surface area contributed by atoms with E-state index in [0.29, 0.717) is 11.5 Å². The van der Waals surface area contributed by atoms with E-state index in [9.17, 15) is 4.79 Å². The highest BCUT2D eigenvalue weighted by atomic mass is 16.1. The van der Waals surface area contributed by atoms with Crippen LogP contribution in [-0.2, 0) is 0 Å². The van der Waals surface area contributed by atoms with E-state index in [1.807, 2.05) is 0 Å². The fourth-order valence-electron chi connectivity index (χ4n) is 1.45. The first-order valence-corrected chi connectivity index (χ1v) is 4.80. The van der Waals surface area contributed by atoms with Crippen LogP contribution in [0.15, 0.2) is 42.0 Å². The summed E-state index contributed by atoms with van der Waals surface area (Å²) in [5.74, 6) is 0.469. The summed E-state index contributed by atoms with van der Waals surface area (Å²) in [7, 11) is 0. The van der Waals surface area contributed by atoms with Crippen molar-refractivity contribution < 1.29 is 0 Å². The van der Waals surface area contributed by atoms with Crippen molar-refractivity contribution >= 4 is 0 Å². The standard InChI is InChI=1S/C9H7N7O/c17-9-7(15-4-3-12-14-15)5-13-16(9)8-1-2-10-6-11-8/h1-6,13H. The number of hydrogen-bond acceptors (Lipinski definition) is 5. The lowest BCUT2D eigenvalue weighted by molar-refractivity contribution is 0.784. The highest BCUT2D eigenvalue weighted by molar-refractivity contribution is 5.28. The summed E-state index contributed by atoms with van der Waals surface area (Å²) in [4.78, 5) is 19.8. The summed E-state index contributed by atoms with van der Waals surface area (Å²) in [5.41, 5.74) is 0.121. The molecule has 84 valence electrons. The van der Waals surface area contributed by atoms with Crippen molar-refractivity contribution in [3.05, 3.63) is 47.5 Å². The zero-order valence-corrected chi connectivity index (χ0v) is 8.56. The highest BCUT2D eigenvalue weighted by Crippen LogP contribution is 2.00. The van der Waals surface area contributed by atoms with Crippen molar-refractivity contribution in [2.24, 2.45) is 0 Å². The summed E-state index contributed by atoms with van der Waals surface area (Å²) >= 11 is 0. The number of nitrogens with one attached hydrogen (secondary N) is 1. The first kappa shape index (κ1) is 9.46. The lowest BCUT2D eigenvalue weighted by Crippen LogP contribution is -2.19. The van der Waals surface area contributed by atoms with Crippen LogP contribution in [0.4, 0.5) is 0 Å². The molecule has 0 atom stereocenters. The Kier molecular flexibility index (Phi) is 2.04. The Hall–Kier alpha value is -2.77. The minimum absolute atomic E-state index is 0.255. The van der Waals surface area contributed by atoms with Crippen LogP contribution in [0.5, 0.6) is 0 Å². The van der Waals surface area contributed by atoms with Crippen molar-refractivity contribution in [2.75, 3.05) is 0 Å². The Bertz CT molecular complexity index is 667. The maximum Gasteiger partial charge on any atom is 0.298 e. The molecule has 3 aromatic rings. The van der Waals surface area contributed by atoms with E-state index in [1.54, 1.807) is 24.7 Å². The van der Waals surface area contributed by atoms with Crippen molar-refractivity contribution in [2.45, 2.75) is 0 Å². The number of H-pyrrole nitrogens is 1. The quantitative estimate of drug-likeness (QED) is 0.641. The zero-order valence-electron chi connectivity index (χ0n) is 8.56. The summed E-state index contributed by atoms with van der Waals surface area (Å²) in [6, 6.07) is 1.63. The second-order valence-electron chi connectivity index (χ2n) is 3.21. The fraction of sp³-hybridized carbons (Fsp3) is 0. The van der Waals surface area contributed by atoms with Crippen molar-refractivity contribution in [3.8, 4) is 11.5 Å². The number of hydrogen-bond donors (Lipinski definition) is 1. The van der Waals surface area contributed by atoms with Crippen LogP contribution >= 0.6 is 0 Å². The molecule has 17 heavy (non-hydrogen) atoms. The molecule has 0 aliphatic heterocycles. The van der Waals surface area contributed by atoms with E-state index in [4.69, 9.17) is 0 Å². The molecule has 0 fully saturated rings. The fourth-order valence-corrected chi connectivity index (χ4v) is 1.45. The Morgan fingerprint density at radius 1 is 1.29 bits per heavy atom. The zero-order chi connectivity index (χ0) is 11.7. The van der Waals surface area contributed by atoms with Crippen LogP contribution in [0.1, 0.15) is 0 Å². The molecule has 3 rings (SSSR count). The topological polar surface area (TPSA) is 94.3 Å². The van der Waals surface area contributed by atoms with Crippen LogP contribution in [-0.4, -0.2) is 34.7 Å². The molecule has 3 aromatic heterocycles. The van der Waals surface area contributed by atoms with Crippen LogP contribution in [0.3, 0.4) is 0 Å². The molecule has 0 aliphatic rings. The SMILES string of the molecule is O=c1c(-n2ccnn2)c[nH]n1-c1ccncn1. The van der Waals surface area contributed by atoms with Crippen LogP contribution in [0.25, 0.3) is 11.5 Å². The molecule has 0 saturated carbocycles.